The number of hydrogen-bond donors (Lipinski definition) is 1. The first-order valence-electron chi connectivity index (χ1n) is 13.7. The van der Waals surface area contributed by atoms with E-state index >= 15 is 0 Å². The zero-order valence-corrected chi connectivity index (χ0v) is 22.7. The van der Waals surface area contributed by atoms with Gasteiger partial charge in [0.2, 0.25) is 0 Å². The summed E-state index contributed by atoms with van der Waals surface area (Å²) in [5.41, 5.74) is 3.26. The van der Waals surface area contributed by atoms with E-state index in [1.165, 1.54) is 74.8 Å². The third-order valence-corrected chi connectivity index (χ3v) is 9.10. The largest absolute Gasteiger partial charge is 0.496 e. The van der Waals surface area contributed by atoms with Gasteiger partial charge in [-0.2, -0.15) is 0 Å². The molecule has 0 bridgehead atoms. The summed E-state index contributed by atoms with van der Waals surface area (Å²) < 4.78 is 5.66. The second-order valence-electron chi connectivity index (χ2n) is 10.7. The van der Waals surface area contributed by atoms with Crippen LogP contribution in [-0.2, 0) is 0 Å². The van der Waals surface area contributed by atoms with Crippen LogP contribution in [0.1, 0.15) is 62.8 Å². The Kier molecular flexibility index (Phi) is 8.44. The maximum atomic E-state index is 13.0. The van der Waals surface area contributed by atoms with Crippen LogP contribution < -0.4 is 10.1 Å². The minimum absolute atomic E-state index is 0.0479. The number of nitrogens with zero attached hydrogens (tertiary/aromatic N) is 4. The Labute approximate surface area is 219 Å². The standard InChI is InChI=1S/C28H41N5O2S/c1-31-13-7-6-10-23(31)19-32-14-16-33(17-15-32)28(34)30-27-29-25(20-36-27)24-18-22(11-12-26(24)35-2)21-8-4-3-5-9-21/h11-12,18,20-21,23H,3-10,13-17,19H2,1-2H3,(H,29,30,34). The lowest BCUT2D eigenvalue weighted by Gasteiger charge is -2.40. The summed E-state index contributed by atoms with van der Waals surface area (Å²) >= 11 is 1.48. The van der Waals surface area contributed by atoms with Crippen LogP contribution in [0.3, 0.4) is 0 Å². The molecule has 1 unspecified atom stereocenters. The van der Waals surface area contributed by atoms with Gasteiger partial charge in [-0.05, 0) is 62.9 Å². The van der Waals surface area contributed by atoms with Crippen LogP contribution in [0.2, 0.25) is 0 Å². The topological polar surface area (TPSA) is 60.9 Å². The van der Waals surface area contributed by atoms with Crippen LogP contribution in [-0.4, -0.2) is 85.2 Å². The fraction of sp³-hybridized carbons (Fsp3) is 0.643. The van der Waals surface area contributed by atoms with E-state index in [9.17, 15) is 4.79 Å². The maximum Gasteiger partial charge on any atom is 0.323 e. The SMILES string of the molecule is COc1ccc(C2CCCCC2)cc1-c1csc(NC(=O)N2CCN(CC3CCCCN3C)CC2)n1. The number of thiazole rings is 1. The first-order valence-corrected chi connectivity index (χ1v) is 14.6. The number of carbonyl (C=O) groups is 1. The summed E-state index contributed by atoms with van der Waals surface area (Å²) in [5, 5.41) is 5.72. The third kappa shape index (κ3) is 6.03. The molecular weight excluding hydrogens is 470 g/mol. The van der Waals surface area contributed by atoms with Gasteiger partial charge in [0.1, 0.15) is 5.75 Å². The number of nitrogens with one attached hydrogen (secondary N) is 1. The summed E-state index contributed by atoms with van der Waals surface area (Å²) in [5.74, 6) is 1.45. The molecule has 2 saturated heterocycles. The Hall–Kier alpha value is -2.16. The van der Waals surface area contributed by atoms with Gasteiger partial charge in [0.05, 0.1) is 12.8 Å². The predicted octanol–water partition coefficient (Wildman–Crippen LogP) is 5.50. The minimum atomic E-state index is -0.0479. The van der Waals surface area contributed by atoms with E-state index in [4.69, 9.17) is 9.72 Å². The van der Waals surface area contributed by atoms with Crippen LogP contribution in [0.4, 0.5) is 9.93 Å². The summed E-state index contributed by atoms with van der Waals surface area (Å²) in [6.45, 7) is 5.72. The second kappa shape index (κ2) is 11.9. The van der Waals surface area contributed by atoms with E-state index in [1.807, 2.05) is 10.3 Å². The molecule has 0 radical (unpaired) electrons. The molecule has 2 aromatic rings. The number of carbonyl (C=O) groups excluding carboxylic acids is 1. The van der Waals surface area contributed by atoms with E-state index in [2.05, 4.69) is 40.4 Å². The number of anilines is 1. The number of piperidine rings is 1. The molecule has 7 nitrogen and oxygen atoms in total. The number of methoxy groups -OCH3 is 1. The molecule has 5 rings (SSSR count). The fourth-order valence-corrected chi connectivity index (χ4v) is 6.75. The number of likely N-dealkylation sites (tertiary alicyclic amines) is 1. The lowest BCUT2D eigenvalue weighted by Crippen LogP contribution is -2.53. The van der Waals surface area contributed by atoms with Gasteiger partial charge in [-0.25, -0.2) is 9.78 Å². The zero-order valence-electron chi connectivity index (χ0n) is 21.9. The number of hydrogen-bond acceptors (Lipinski definition) is 6. The molecule has 0 spiro atoms. The molecule has 3 heterocycles. The van der Waals surface area contributed by atoms with Gasteiger partial charge in [0.25, 0.3) is 0 Å². The van der Waals surface area contributed by atoms with Crippen molar-refractivity contribution in [2.24, 2.45) is 0 Å². The molecule has 36 heavy (non-hydrogen) atoms. The molecular formula is C28H41N5O2S. The van der Waals surface area contributed by atoms with E-state index in [0.717, 1.165) is 49.7 Å². The minimum Gasteiger partial charge on any atom is -0.496 e. The van der Waals surface area contributed by atoms with Gasteiger partial charge in [-0.15, -0.1) is 11.3 Å². The molecule has 1 aromatic carbocycles. The monoisotopic (exact) mass is 511 g/mol. The molecule has 8 heteroatoms. The average molecular weight is 512 g/mol. The number of likely N-dealkylation sites (N-methyl/N-ethyl adjacent to an activating group) is 1. The highest BCUT2D eigenvalue weighted by Crippen LogP contribution is 2.38. The highest BCUT2D eigenvalue weighted by Gasteiger charge is 2.26. The molecule has 2 aliphatic heterocycles. The smallest absolute Gasteiger partial charge is 0.323 e. The Morgan fingerprint density at radius 3 is 2.58 bits per heavy atom. The molecule has 1 N–H and O–H groups in total. The zero-order chi connectivity index (χ0) is 24.9. The van der Waals surface area contributed by atoms with Crippen molar-refractivity contribution in [3.05, 3.63) is 29.1 Å². The lowest BCUT2D eigenvalue weighted by molar-refractivity contribution is 0.0956. The molecule has 196 valence electrons. The number of ether oxygens (including phenoxy) is 1. The van der Waals surface area contributed by atoms with E-state index in [-0.39, 0.29) is 6.03 Å². The van der Waals surface area contributed by atoms with Gasteiger partial charge >= 0.3 is 6.03 Å². The lowest BCUT2D eigenvalue weighted by atomic mass is 9.83. The Balaban J connectivity index is 1.18. The van der Waals surface area contributed by atoms with Gasteiger partial charge in [-0.3, -0.25) is 10.2 Å². The number of piperazine rings is 1. The maximum absolute atomic E-state index is 13.0. The van der Waals surface area contributed by atoms with Crippen molar-refractivity contribution < 1.29 is 9.53 Å². The van der Waals surface area contributed by atoms with Crippen molar-refractivity contribution in [2.45, 2.75) is 63.3 Å². The van der Waals surface area contributed by atoms with Gasteiger partial charge in [-0.1, -0.05) is 31.7 Å². The Morgan fingerprint density at radius 2 is 1.83 bits per heavy atom. The van der Waals surface area contributed by atoms with Crippen molar-refractivity contribution in [1.82, 2.24) is 19.7 Å². The Bertz CT molecular complexity index is 1010. The fourth-order valence-electron chi connectivity index (χ4n) is 6.05. The van der Waals surface area contributed by atoms with Crippen molar-refractivity contribution in [1.29, 1.82) is 0 Å². The third-order valence-electron chi connectivity index (χ3n) is 8.34. The summed E-state index contributed by atoms with van der Waals surface area (Å²) in [4.78, 5) is 24.7. The van der Waals surface area contributed by atoms with Crippen molar-refractivity contribution >= 4 is 22.5 Å². The highest BCUT2D eigenvalue weighted by molar-refractivity contribution is 7.14. The van der Waals surface area contributed by atoms with Crippen LogP contribution in [0.5, 0.6) is 5.75 Å². The van der Waals surface area contributed by atoms with Gasteiger partial charge in [0.15, 0.2) is 5.13 Å². The number of amides is 2. The quantitative estimate of drug-likeness (QED) is 0.555. The molecule has 2 amide bonds. The summed E-state index contributed by atoms with van der Waals surface area (Å²) in [6.07, 6.45) is 10.4. The Morgan fingerprint density at radius 1 is 1.06 bits per heavy atom. The number of urea groups is 1. The summed E-state index contributed by atoms with van der Waals surface area (Å²) in [6, 6.07) is 7.13. The first-order chi connectivity index (χ1) is 17.6. The average Bonchev–Trinajstić information content (AvgIpc) is 3.39. The van der Waals surface area contributed by atoms with Crippen LogP contribution in [0, 0.1) is 0 Å². The normalized spacial score (nSPS) is 22.5. The highest BCUT2D eigenvalue weighted by atomic mass is 32.1. The van der Waals surface area contributed by atoms with Crippen molar-refractivity contribution in [3.8, 4) is 17.0 Å². The van der Waals surface area contributed by atoms with Crippen molar-refractivity contribution in [3.63, 3.8) is 0 Å². The molecule has 3 fully saturated rings. The van der Waals surface area contributed by atoms with Crippen LogP contribution in [0.25, 0.3) is 11.3 Å². The van der Waals surface area contributed by atoms with E-state index < -0.39 is 0 Å². The van der Waals surface area contributed by atoms with Gasteiger partial charge < -0.3 is 14.5 Å². The van der Waals surface area contributed by atoms with Crippen LogP contribution in [0.15, 0.2) is 23.6 Å². The first kappa shape index (κ1) is 25.5. The van der Waals surface area contributed by atoms with E-state index in [1.54, 1.807) is 7.11 Å². The number of benzene rings is 1. The second-order valence-corrected chi connectivity index (χ2v) is 11.5. The van der Waals surface area contributed by atoms with Crippen LogP contribution >= 0.6 is 11.3 Å². The molecule has 1 saturated carbocycles. The molecule has 1 aliphatic carbocycles. The van der Waals surface area contributed by atoms with E-state index in [0.29, 0.717) is 17.1 Å². The predicted molar refractivity (Wildman–Crippen MR) is 147 cm³/mol. The molecule has 3 aliphatic rings. The number of rotatable bonds is 6. The van der Waals surface area contributed by atoms with Gasteiger partial charge in [0, 0.05) is 49.7 Å². The molecule has 1 aromatic heterocycles. The van der Waals surface area contributed by atoms with Crippen molar-refractivity contribution in [2.75, 3.05) is 58.7 Å². The number of aromatic nitrogens is 1. The summed E-state index contributed by atoms with van der Waals surface area (Å²) in [7, 11) is 3.96. The molecule has 1 atom stereocenters.